The van der Waals surface area contributed by atoms with Crippen LogP contribution in [0.4, 0.5) is 4.79 Å². The summed E-state index contributed by atoms with van der Waals surface area (Å²) < 4.78 is 10.2. The number of likely N-dealkylation sites (N-methyl/N-ethyl adjacent to an activating group) is 1. The molecule has 0 unspecified atom stereocenters. The number of esters is 1. The lowest BCUT2D eigenvalue weighted by atomic mass is 10.0. The number of carbonyl (C=O) groups excluding carboxylic acids is 5. The number of nitrogens with one attached hydrogen (secondary N) is 3. The van der Waals surface area contributed by atoms with E-state index in [0.717, 1.165) is 5.56 Å². The first-order chi connectivity index (χ1) is 19.2. The summed E-state index contributed by atoms with van der Waals surface area (Å²) in [6.45, 7) is 5.75. The van der Waals surface area contributed by atoms with E-state index in [0.29, 0.717) is 32.2 Å². The van der Waals surface area contributed by atoms with Gasteiger partial charge in [0.05, 0.1) is 7.11 Å². The normalized spacial score (nSPS) is 19.1. The second-order valence-corrected chi connectivity index (χ2v) is 12.0. The van der Waals surface area contributed by atoms with E-state index < -0.39 is 59.0 Å². The molecular weight excluding hydrogens is 530 g/mol. The van der Waals surface area contributed by atoms with Gasteiger partial charge in [0, 0.05) is 19.5 Å². The van der Waals surface area contributed by atoms with E-state index >= 15 is 0 Å². The van der Waals surface area contributed by atoms with Crippen LogP contribution in [0.25, 0.3) is 0 Å². The number of hydrogen-bond donors (Lipinski definition) is 3. The molecule has 12 nitrogen and oxygen atoms in total. The number of carbonyl (C=O) groups is 5. The molecule has 1 aromatic carbocycles. The second kappa shape index (κ2) is 13.3. The topological polar surface area (TPSA) is 146 Å². The molecule has 3 atom stereocenters. The predicted molar refractivity (Wildman–Crippen MR) is 151 cm³/mol. The molecule has 2 fully saturated rings. The number of benzene rings is 1. The van der Waals surface area contributed by atoms with E-state index in [2.05, 4.69) is 16.0 Å². The number of hydrogen-bond acceptors (Lipinski definition) is 8. The minimum Gasteiger partial charge on any atom is -0.467 e. The first kappa shape index (κ1) is 31.9. The molecule has 1 aromatic rings. The van der Waals surface area contributed by atoms with Crippen molar-refractivity contribution < 1.29 is 33.4 Å². The zero-order chi connectivity index (χ0) is 30.4. The molecule has 3 rings (SSSR count). The van der Waals surface area contributed by atoms with Gasteiger partial charge in [-0.2, -0.15) is 0 Å². The van der Waals surface area contributed by atoms with Crippen molar-refractivity contribution in [2.24, 2.45) is 0 Å². The number of ether oxygens (including phenoxy) is 2. The molecule has 226 valence electrons. The summed E-state index contributed by atoms with van der Waals surface area (Å²) in [5, 5.41) is 8.25. The highest BCUT2D eigenvalue weighted by Crippen LogP contribution is 2.36. The lowest BCUT2D eigenvalue weighted by Crippen LogP contribution is -2.59. The highest BCUT2D eigenvalue weighted by atomic mass is 16.6. The predicted octanol–water partition coefficient (Wildman–Crippen LogP) is 0.982. The van der Waals surface area contributed by atoms with Gasteiger partial charge in [0.2, 0.25) is 17.7 Å². The summed E-state index contributed by atoms with van der Waals surface area (Å²) >= 11 is 0. The summed E-state index contributed by atoms with van der Waals surface area (Å²) in [7, 11) is 4.81. The van der Waals surface area contributed by atoms with Gasteiger partial charge >= 0.3 is 12.1 Å². The molecule has 3 N–H and O–H groups in total. The number of alkyl carbamates (subject to hydrolysis) is 1. The quantitative estimate of drug-likeness (QED) is 0.332. The third-order valence-electron chi connectivity index (χ3n) is 7.00. The van der Waals surface area contributed by atoms with Crippen LogP contribution in [-0.2, 0) is 35.1 Å². The highest BCUT2D eigenvalue weighted by molar-refractivity contribution is 5.98. The van der Waals surface area contributed by atoms with Crippen LogP contribution in [0.2, 0.25) is 0 Å². The van der Waals surface area contributed by atoms with E-state index in [1.165, 1.54) is 12.0 Å². The Kier molecular flexibility index (Phi) is 10.4. The molecule has 0 aromatic heterocycles. The van der Waals surface area contributed by atoms with Crippen LogP contribution < -0.4 is 16.0 Å². The summed E-state index contributed by atoms with van der Waals surface area (Å²) in [6.07, 6.45) is 1.37. The van der Waals surface area contributed by atoms with Gasteiger partial charge in [-0.1, -0.05) is 30.3 Å². The molecule has 1 aliphatic heterocycles. The van der Waals surface area contributed by atoms with Crippen molar-refractivity contribution in [3.63, 3.8) is 0 Å². The fraction of sp³-hybridized carbons (Fsp3) is 0.621. The minimum atomic E-state index is -1.16. The van der Waals surface area contributed by atoms with Crippen LogP contribution >= 0.6 is 0 Å². The molecule has 4 amide bonds. The maximum Gasteiger partial charge on any atom is 0.408 e. The largest absolute Gasteiger partial charge is 0.467 e. The molecule has 1 saturated carbocycles. The van der Waals surface area contributed by atoms with E-state index in [9.17, 15) is 24.0 Å². The molecule has 41 heavy (non-hydrogen) atoms. The zero-order valence-electron chi connectivity index (χ0n) is 24.8. The maximum atomic E-state index is 13.6. The van der Waals surface area contributed by atoms with Gasteiger partial charge in [0.1, 0.15) is 29.3 Å². The van der Waals surface area contributed by atoms with Crippen molar-refractivity contribution in [2.45, 2.75) is 82.1 Å². The van der Waals surface area contributed by atoms with Gasteiger partial charge in [0.25, 0.3) is 0 Å². The van der Waals surface area contributed by atoms with E-state index in [1.54, 1.807) is 39.8 Å². The minimum absolute atomic E-state index is 0.214. The fourth-order valence-electron chi connectivity index (χ4n) is 4.84. The molecule has 1 aliphatic carbocycles. The van der Waals surface area contributed by atoms with Crippen molar-refractivity contribution in [3.05, 3.63) is 35.9 Å². The third kappa shape index (κ3) is 8.91. The Balaban J connectivity index is 1.67. The third-order valence-corrected chi connectivity index (χ3v) is 7.00. The van der Waals surface area contributed by atoms with Crippen LogP contribution in [0.5, 0.6) is 0 Å². The lowest BCUT2D eigenvalue weighted by Gasteiger charge is -2.31. The molecule has 12 heteroatoms. The van der Waals surface area contributed by atoms with E-state index in [-0.39, 0.29) is 13.0 Å². The van der Waals surface area contributed by atoms with Gasteiger partial charge in [-0.3, -0.25) is 14.4 Å². The van der Waals surface area contributed by atoms with Gasteiger partial charge < -0.3 is 35.2 Å². The van der Waals surface area contributed by atoms with Crippen molar-refractivity contribution in [2.75, 3.05) is 34.3 Å². The number of likely N-dealkylation sites (tertiary alicyclic amines) is 1. The van der Waals surface area contributed by atoms with Gasteiger partial charge in [0.15, 0.2) is 0 Å². The number of methoxy groups -OCH3 is 1. The maximum absolute atomic E-state index is 13.6. The van der Waals surface area contributed by atoms with E-state index in [4.69, 9.17) is 9.47 Å². The Morgan fingerprint density at radius 2 is 1.71 bits per heavy atom. The van der Waals surface area contributed by atoms with Crippen molar-refractivity contribution in [1.29, 1.82) is 0 Å². The summed E-state index contributed by atoms with van der Waals surface area (Å²) in [5.74, 6) is -1.89. The molecule has 0 spiro atoms. The monoisotopic (exact) mass is 573 g/mol. The standard InChI is InChI=1S/C29H43N5O7/c1-28(2,3)41-27(39)31-21(18-33(4)5)24(36)34-16-10-13-22(34)23(35)32-29(14-15-29)26(38)30-20(25(37)40-6)17-19-11-8-7-9-12-19/h7-9,11-12,20-22H,10,13-18H2,1-6H3,(H,30,38)(H,31,39)(H,32,35)/t20-,21-,22+/m0/s1. The van der Waals surface area contributed by atoms with Crippen molar-refractivity contribution in [1.82, 2.24) is 25.8 Å². The Morgan fingerprint density at radius 1 is 1.05 bits per heavy atom. The lowest BCUT2D eigenvalue weighted by molar-refractivity contribution is -0.146. The summed E-state index contributed by atoms with van der Waals surface area (Å²) in [4.78, 5) is 68.4. The van der Waals surface area contributed by atoms with Crippen LogP contribution in [-0.4, -0.2) is 103 Å². The average Bonchev–Trinajstić information content (AvgIpc) is 3.50. The molecule has 2 aliphatic rings. The average molecular weight is 574 g/mol. The van der Waals surface area contributed by atoms with Crippen LogP contribution in [0.15, 0.2) is 30.3 Å². The Labute approximate surface area is 241 Å². The first-order valence-corrected chi connectivity index (χ1v) is 13.9. The van der Waals surface area contributed by atoms with Gasteiger partial charge in [-0.15, -0.1) is 0 Å². The molecule has 1 heterocycles. The molecule has 1 saturated heterocycles. The zero-order valence-corrected chi connectivity index (χ0v) is 24.8. The highest BCUT2D eigenvalue weighted by Gasteiger charge is 2.53. The van der Waals surface area contributed by atoms with Crippen LogP contribution in [0, 0.1) is 0 Å². The van der Waals surface area contributed by atoms with Gasteiger partial charge in [-0.05, 0) is 66.1 Å². The number of amides is 4. The smallest absolute Gasteiger partial charge is 0.408 e. The van der Waals surface area contributed by atoms with Crippen molar-refractivity contribution >= 4 is 29.8 Å². The van der Waals surface area contributed by atoms with Crippen LogP contribution in [0.3, 0.4) is 0 Å². The molecule has 0 radical (unpaired) electrons. The SMILES string of the molecule is COC(=O)[C@H](Cc1ccccc1)NC(=O)C1(NC(=O)[C@H]2CCCN2C(=O)[C@H](CN(C)C)NC(=O)OC(C)(C)C)CC1. The van der Waals surface area contributed by atoms with Crippen molar-refractivity contribution in [3.8, 4) is 0 Å². The molecular formula is C29H43N5O7. The second-order valence-electron chi connectivity index (χ2n) is 12.0. The summed E-state index contributed by atoms with van der Waals surface area (Å²) in [6, 6.07) is 6.61. The number of rotatable bonds is 11. The van der Waals surface area contributed by atoms with E-state index in [1.807, 2.05) is 30.3 Å². The Morgan fingerprint density at radius 3 is 2.27 bits per heavy atom. The van der Waals surface area contributed by atoms with Crippen LogP contribution in [0.1, 0.15) is 52.0 Å². The fourth-order valence-corrected chi connectivity index (χ4v) is 4.84. The van der Waals surface area contributed by atoms with Gasteiger partial charge in [-0.25, -0.2) is 9.59 Å². The summed E-state index contributed by atoms with van der Waals surface area (Å²) in [5.41, 5.74) is -1.04. The number of nitrogens with zero attached hydrogens (tertiary/aromatic N) is 2. The first-order valence-electron chi connectivity index (χ1n) is 13.9. The Hall–Kier alpha value is -3.67. The Bertz CT molecular complexity index is 1110. The molecule has 0 bridgehead atoms.